The molecule has 0 amide bonds. The van der Waals surface area contributed by atoms with Gasteiger partial charge < -0.3 is 0 Å². The van der Waals surface area contributed by atoms with Gasteiger partial charge >= 0.3 is 0 Å². The molecule has 0 aromatic rings. The molecular weight excluding hydrogens is 312 g/mol. The van der Waals surface area contributed by atoms with Crippen molar-refractivity contribution in [3.05, 3.63) is 0 Å². The first-order valence-corrected chi connectivity index (χ1v) is 9.36. The van der Waals surface area contributed by atoms with Crippen molar-refractivity contribution in [1.29, 1.82) is 0 Å². The topological polar surface area (TPSA) is 163 Å². The molecule has 0 bridgehead atoms. The van der Waals surface area contributed by atoms with E-state index in [1.54, 1.807) is 0 Å². The lowest BCUT2D eigenvalue weighted by Crippen LogP contribution is -2.42. The normalized spacial score (nSPS) is 14.7. The highest BCUT2D eigenvalue weighted by Crippen LogP contribution is 2.28. The van der Waals surface area contributed by atoms with Crippen LogP contribution in [-0.2, 0) is 30.4 Å². The van der Waals surface area contributed by atoms with Crippen molar-refractivity contribution in [2.45, 2.75) is 13.3 Å². The van der Waals surface area contributed by atoms with Crippen LogP contribution in [0, 0.1) is 5.41 Å². The van der Waals surface area contributed by atoms with Crippen LogP contribution in [0.25, 0.3) is 0 Å². The number of hydrogen-bond donors (Lipinski definition) is 3. The first kappa shape index (κ1) is 17.7. The maximum Gasteiger partial charge on any atom is 0.265 e. The molecule has 0 spiro atoms. The minimum atomic E-state index is -4.69. The number of hydrogen-bond acceptors (Lipinski definition) is 6. The van der Waals surface area contributed by atoms with Crippen molar-refractivity contribution < 1.29 is 38.9 Å². The highest BCUT2D eigenvalue weighted by Gasteiger charge is 2.41. The third-order valence-electron chi connectivity index (χ3n) is 2.22. The van der Waals surface area contributed by atoms with Crippen LogP contribution in [0.4, 0.5) is 0 Å². The van der Waals surface area contributed by atoms with Crippen LogP contribution in [0.1, 0.15) is 13.3 Å². The molecule has 9 nitrogen and oxygen atoms in total. The van der Waals surface area contributed by atoms with Gasteiger partial charge in [0.15, 0.2) is 0 Å². The first-order valence-electron chi connectivity index (χ1n) is 4.54. The summed E-state index contributed by atoms with van der Waals surface area (Å²) in [5.41, 5.74) is -2.02. The standard InChI is InChI=1S/C6H14O9S3/c1-2-6(3-16(7,8)9,4-17(10,11)12)5-18(13,14)15/h2-5H2,1H3,(H,7,8,9)(H,10,11,12)(H,13,14,15). The van der Waals surface area contributed by atoms with Gasteiger partial charge in [0.25, 0.3) is 30.4 Å². The molecule has 0 atom stereocenters. The molecule has 18 heavy (non-hydrogen) atoms. The maximum absolute atomic E-state index is 10.8. The van der Waals surface area contributed by atoms with Crippen LogP contribution in [0.5, 0.6) is 0 Å². The Bertz CT molecular complexity index is 499. The Hall–Kier alpha value is -0.270. The van der Waals surface area contributed by atoms with Crippen molar-refractivity contribution in [2.24, 2.45) is 5.41 Å². The van der Waals surface area contributed by atoms with Crippen LogP contribution in [0.15, 0.2) is 0 Å². The molecule has 12 heteroatoms. The van der Waals surface area contributed by atoms with Gasteiger partial charge in [0.05, 0.1) is 17.3 Å². The smallest absolute Gasteiger partial charge is 0.265 e. The Morgan fingerprint density at radius 2 is 0.944 bits per heavy atom. The van der Waals surface area contributed by atoms with E-state index < -0.39 is 53.0 Å². The highest BCUT2D eigenvalue weighted by atomic mass is 32.2. The highest BCUT2D eigenvalue weighted by molar-refractivity contribution is 7.87. The van der Waals surface area contributed by atoms with E-state index in [9.17, 15) is 25.3 Å². The average molecular weight is 326 g/mol. The molecule has 0 radical (unpaired) electrons. The fraction of sp³-hybridized carbons (Fsp3) is 1.00. The van der Waals surface area contributed by atoms with E-state index in [0.717, 1.165) is 0 Å². The predicted octanol–water partition coefficient (Wildman–Crippen LogP) is -0.954. The Kier molecular flexibility index (Phi) is 5.30. The summed E-state index contributed by atoms with van der Waals surface area (Å²) in [6.45, 7) is 1.27. The van der Waals surface area contributed by atoms with Crippen LogP contribution >= 0.6 is 0 Å². The zero-order valence-corrected chi connectivity index (χ0v) is 11.8. The molecule has 0 aromatic carbocycles. The second kappa shape index (κ2) is 5.38. The van der Waals surface area contributed by atoms with Gasteiger partial charge in [0.1, 0.15) is 0 Å². The van der Waals surface area contributed by atoms with Crippen LogP contribution in [0.2, 0.25) is 0 Å². The van der Waals surface area contributed by atoms with E-state index in [4.69, 9.17) is 13.7 Å². The van der Waals surface area contributed by atoms with Crippen LogP contribution in [-0.4, -0.2) is 56.2 Å². The molecule has 0 heterocycles. The summed E-state index contributed by atoms with van der Waals surface area (Å²) in [7, 11) is -14.1. The molecule has 0 fully saturated rings. The van der Waals surface area contributed by atoms with Gasteiger partial charge in [-0.05, 0) is 6.42 Å². The predicted molar refractivity (Wildman–Crippen MR) is 62.0 cm³/mol. The molecule has 0 aliphatic rings. The molecular formula is C6H14O9S3. The Labute approximate surface area is 105 Å². The maximum atomic E-state index is 10.8. The summed E-state index contributed by atoms with van der Waals surface area (Å²) in [4.78, 5) is 0. The number of rotatable bonds is 7. The van der Waals surface area contributed by atoms with Crippen LogP contribution in [0.3, 0.4) is 0 Å². The molecule has 3 N–H and O–H groups in total. The van der Waals surface area contributed by atoms with Crippen molar-refractivity contribution >= 4 is 30.4 Å². The van der Waals surface area contributed by atoms with Gasteiger partial charge in [-0.2, -0.15) is 25.3 Å². The summed E-state index contributed by atoms with van der Waals surface area (Å²) in [5, 5.41) is 0. The van der Waals surface area contributed by atoms with Crippen LogP contribution < -0.4 is 0 Å². The first-order chi connectivity index (χ1) is 7.68. The van der Waals surface area contributed by atoms with E-state index in [2.05, 4.69) is 0 Å². The second-order valence-electron chi connectivity index (χ2n) is 4.03. The lowest BCUT2D eigenvalue weighted by atomic mass is 9.92. The summed E-state index contributed by atoms with van der Waals surface area (Å²) >= 11 is 0. The van der Waals surface area contributed by atoms with E-state index in [1.807, 2.05) is 0 Å². The SMILES string of the molecule is CCC(CS(=O)(=O)O)(CS(=O)(=O)O)CS(=O)(=O)O. The molecule has 110 valence electrons. The molecule has 0 unspecified atom stereocenters. The van der Waals surface area contributed by atoms with Gasteiger partial charge in [-0.3, -0.25) is 13.7 Å². The Balaban J connectivity index is 5.62. The zero-order chi connectivity index (χ0) is 14.8. The Morgan fingerprint density at radius 1 is 0.722 bits per heavy atom. The van der Waals surface area contributed by atoms with Gasteiger partial charge in [0.2, 0.25) is 0 Å². The lowest BCUT2D eigenvalue weighted by Gasteiger charge is -2.28. The largest absolute Gasteiger partial charge is 0.286 e. The molecule has 0 rings (SSSR count). The lowest BCUT2D eigenvalue weighted by molar-refractivity contribution is 0.354. The van der Waals surface area contributed by atoms with E-state index >= 15 is 0 Å². The third kappa shape index (κ3) is 7.94. The van der Waals surface area contributed by atoms with Gasteiger partial charge in [-0.15, -0.1) is 0 Å². The quantitative estimate of drug-likeness (QED) is 0.500. The fourth-order valence-electron chi connectivity index (χ4n) is 1.59. The average Bonchev–Trinajstić information content (AvgIpc) is 1.93. The van der Waals surface area contributed by atoms with Gasteiger partial charge in [0, 0.05) is 5.41 Å². The van der Waals surface area contributed by atoms with E-state index in [0.29, 0.717) is 0 Å². The van der Waals surface area contributed by atoms with E-state index in [-0.39, 0.29) is 6.42 Å². The minimum absolute atomic E-state index is 0.313. The van der Waals surface area contributed by atoms with Crippen molar-refractivity contribution in [2.75, 3.05) is 17.3 Å². The summed E-state index contributed by atoms with van der Waals surface area (Å²) < 4.78 is 90.8. The second-order valence-corrected chi connectivity index (χ2v) is 8.39. The van der Waals surface area contributed by atoms with Gasteiger partial charge in [-0.25, -0.2) is 0 Å². The Morgan fingerprint density at radius 3 is 1.06 bits per heavy atom. The molecule has 0 saturated heterocycles. The van der Waals surface area contributed by atoms with E-state index in [1.165, 1.54) is 6.92 Å². The molecule has 0 aromatic heterocycles. The van der Waals surface area contributed by atoms with Gasteiger partial charge in [-0.1, -0.05) is 6.92 Å². The summed E-state index contributed by atoms with van der Waals surface area (Å²) in [6.07, 6.45) is -0.313. The van der Waals surface area contributed by atoms with Crippen molar-refractivity contribution in [1.82, 2.24) is 0 Å². The molecule has 0 aliphatic carbocycles. The summed E-state index contributed by atoms with van der Waals surface area (Å²) in [5.74, 6) is -3.64. The zero-order valence-electron chi connectivity index (χ0n) is 9.34. The monoisotopic (exact) mass is 326 g/mol. The minimum Gasteiger partial charge on any atom is -0.286 e. The molecule has 0 aliphatic heterocycles. The fourth-order valence-corrected chi connectivity index (χ4v) is 5.53. The molecule has 0 saturated carbocycles. The third-order valence-corrected chi connectivity index (χ3v) is 5.15. The van der Waals surface area contributed by atoms with Crippen molar-refractivity contribution in [3.63, 3.8) is 0 Å². The van der Waals surface area contributed by atoms with Crippen molar-refractivity contribution in [3.8, 4) is 0 Å². The summed E-state index contributed by atoms with van der Waals surface area (Å²) in [6, 6.07) is 0.